The first-order chi connectivity index (χ1) is 31.0. The van der Waals surface area contributed by atoms with E-state index in [0.29, 0.717) is 43.2 Å². The first kappa shape index (κ1) is 41.0. The van der Waals surface area contributed by atoms with Crippen LogP contribution in [-0.4, -0.2) is 126 Å². The van der Waals surface area contributed by atoms with Gasteiger partial charge in [0, 0.05) is 65.1 Å². The zero-order valence-corrected chi connectivity index (χ0v) is 35.7. The number of likely N-dealkylation sites (tertiary alicyclic amines) is 1. The quantitative estimate of drug-likeness (QED) is 0.184. The lowest BCUT2D eigenvalue weighted by atomic mass is 9.85. The van der Waals surface area contributed by atoms with Crippen LogP contribution < -0.4 is 26.1 Å². The number of rotatable bonds is 11. The summed E-state index contributed by atoms with van der Waals surface area (Å²) >= 11 is 0. The number of imidazole rings is 1. The van der Waals surface area contributed by atoms with E-state index >= 15 is 0 Å². The van der Waals surface area contributed by atoms with Crippen molar-refractivity contribution in [3.05, 3.63) is 64.6 Å². The van der Waals surface area contributed by atoms with E-state index in [4.69, 9.17) is 14.5 Å². The lowest BCUT2D eigenvalue weighted by molar-refractivity contribution is -0.135. The normalized spacial score (nSPS) is 25.8. The molecule has 1 aromatic carbocycles. The van der Waals surface area contributed by atoms with Crippen molar-refractivity contribution in [1.29, 1.82) is 0 Å². The predicted octanol–water partition coefficient (Wildman–Crippen LogP) is 3.83. The number of alkyl halides is 2. The van der Waals surface area contributed by atoms with Gasteiger partial charge >= 0.3 is 5.69 Å². The summed E-state index contributed by atoms with van der Waals surface area (Å²) in [7, 11) is 1.72. The highest BCUT2D eigenvalue weighted by molar-refractivity contribution is 6.08. The Morgan fingerprint density at radius 1 is 1.00 bits per heavy atom. The molecule has 338 valence electrons. The molecular formula is C44H52F2N12O6. The summed E-state index contributed by atoms with van der Waals surface area (Å²) in [6.07, 6.45) is 9.17. The molecule has 5 saturated heterocycles. The first-order valence-electron chi connectivity index (χ1n) is 22.6. The topological polar surface area (TPSA) is 178 Å². The molecule has 18 nitrogen and oxygen atoms in total. The van der Waals surface area contributed by atoms with Gasteiger partial charge in [0.15, 0.2) is 11.3 Å². The van der Waals surface area contributed by atoms with Crippen molar-refractivity contribution in [2.24, 2.45) is 13.0 Å². The molecule has 20 heteroatoms. The summed E-state index contributed by atoms with van der Waals surface area (Å²) in [5.41, 5.74) is 2.19. The average molecular weight is 883 g/mol. The lowest BCUT2D eigenvalue weighted by Crippen LogP contribution is -2.54. The fourth-order valence-electron chi connectivity index (χ4n) is 11.0. The maximum atomic E-state index is 14.3. The number of imide groups is 1. The van der Waals surface area contributed by atoms with Gasteiger partial charge in [0.2, 0.25) is 11.8 Å². The molecule has 11 rings (SSSR count). The maximum Gasteiger partial charge on any atom is 0.329 e. The lowest BCUT2D eigenvalue weighted by Gasteiger charge is -2.44. The van der Waals surface area contributed by atoms with E-state index in [-0.39, 0.29) is 59.7 Å². The van der Waals surface area contributed by atoms with Gasteiger partial charge in [0.05, 0.1) is 65.6 Å². The van der Waals surface area contributed by atoms with Crippen molar-refractivity contribution in [2.45, 2.75) is 101 Å². The summed E-state index contributed by atoms with van der Waals surface area (Å²) < 4.78 is 47.2. The Morgan fingerprint density at radius 3 is 2.55 bits per heavy atom. The monoisotopic (exact) mass is 882 g/mol. The Labute approximate surface area is 366 Å². The second kappa shape index (κ2) is 16.4. The fraction of sp³-hybridized carbons (Fsp3) is 0.568. The Balaban J connectivity index is 0.652. The number of aromatic nitrogens is 7. The molecule has 3 atom stereocenters. The van der Waals surface area contributed by atoms with Crippen LogP contribution >= 0.6 is 0 Å². The van der Waals surface area contributed by atoms with Gasteiger partial charge in [0.1, 0.15) is 17.4 Å². The number of nitrogens with zero attached hydrogens (tertiary/aromatic N) is 10. The minimum atomic E-state index is -2.86. The Bertz CT molecular complexity index is 2670. The van der Waals surface area contributed by atoms with Crippen molar-refractivity contribution < 1.29 is 32.6 Å². The molecule has 5 aliphatic heterocycles. The molecule has 0 radical (unpaired) electrons. The van der Waals surface area contributed by atoms with Gasteiger partial charge in [-0.15, -0.1) is 0 Å². The van der Waals surface area contributed by atoms with Gasteiger partial charge in [-0.1, -0.05) is 6.07 Å². The maximum absolute atomic E-state index is 14.3. The summed E-state index contributed by atoms with van der Waals surface area (Å²) in [6.45, 7) is 5.69. The van der Waals surface area contributed by atoms with E-state index in [9.17, 15) is 28.0 Å². The Hall–Kier alpha value is -5.73. The van der Waals surface area contributed by atoms with Crippen LogP contribution in [0.3, 0.4) is 0 Å². The van der Waals surface area contributed by atoms with Gasteiger partial charge < -0.3 is 29.5 Å². The van der Waals surface area contributed by atoms with Crippen molar-refractivity contribution >= 4 is 51.6 Å². The van der Waals surface area contributed by atoms with Crippen molar-refractivity contribution in [1.82, 2.24) is 43.7 Å². The van der Waals surface area contributed by atoms with Gasteiger partial charge in [-0.05, 0) is 75.5 Å². The number of piperidine rings is 2. The molecule has 64 heavy (non-hydrogen) atoms. The predicted molar refractivity (Wildman–Crippen MR) is 230 cm³/mol. The Kier molecular flexibility index (Phi) is 10.5. The van der Waals surface area contributed by atoms with Crippen LogP contribution in [0.15, 0.2) is 47.7 Å². The number of morpholine rings is 1. The molecule has 2 bridgehead atoms. The van der Waals surface area contributed by atoms with Crippen LogP contribution in [-0.2, 0) is 26.1 Å². The second-order valence-corrected chi connectivity index (χ2v) is 18.4. The number of halogens is 2. The van der Waals surface area contributed by atoms with Crippen LogP contribution in [0.4, 0.5) is 26.0 Å². The van der Waals surface area contributed by atoms with Crippen LogP contribution in [0.2, 0.25) is 0 Å². The third-order valence-electron chi connectivity index (χ3n) is 14.4. The minimum Gasteiger partial charge on any atom is -0.374 e. The molecule has 5 aromatic rings. The zero-order valence-electron chi connectivity index (χ0n) is 35.7. The highest BCUT2D eigenvalue weighted by Crippen LogP contribution is 2.38. The average Bonchev–Trinajstić information content (AvgIpc) is 4.13. The van der Waals surface area contributed by atoms with Crippen LogP contribution in [0.5, 0.6) is 0 Å². The number of para-hydroxylation sites is 1. The number of hydrogen-bond acceptors (Lipinski definition) is 12. The van der Waals surface area contributed by atoms with Crippen molar-refractivity contribution in [2.75, 3.05) is 61.0 Å². The number of carbonyl (C=O) groups excluding carboxylic acids is 3. The second-order valence-electron chi connectivity index (χ2n) is 18.4. The molecule has 9 heterocycles. The van der Waals surface area contributed by atoms with E-state index in [1.165, 1.54) is 15.3 Å². The number of benzene rings is 1. The molecule has 4 aromatic heterocycles. The Morgan fingerprint density at radius 2 is 1.81 bits per heavy atom. The number of fused-ring (bicyclic) bond motifs is 4. The van der Waals surface area contributed by atoms with E-state index < -0.39 is 30.0 Å². The molecule has 1 aliphatic carbocycles. The van der Waals surface area contributed by atoms with Crippen LogP contribution in [0.1, 0.15) is 92.3 Å². The number of nitrogens with one attached hydrogen (secondary N) is 2. The number of amides is 3. The first-order valence-corrected chi connectivity index (χ1v) is 22.6. The van der Waals surface area contributed by atoms with E-state index in [0.717, 1.165) is 88.1 Å². The molecule has 6 aliphatic rings. The number of carbonyl (C=O) groups is 3. The van der Waals surface area contributed by atoms with Crippen LogP contribution in [0.25, 0.3) is 16.7 Å². The molecular weight excluding hydrogens is 831 g/mol. The summed E-state index contributed by atoms with van der Waals surface area (Å²) in [5, 5.41) is 13.7. The number of aryl methyl sites for hydroxylation is 1. The zero-order chi connectivity index (χ0) is 43.8. The van der Waals surface area contributed by atoms with Crippen molar-refractivity contribution in [3.63, 3.8) is 0 Å². The van der Waals surface area contributed by atoms with Crippen molar-refractivity contribution in [3.8, 4) is 0 Å². The molecule has 6 fully saturated rings. The van der Waals surface area contributed by atoms with E-state index in [1.54, 1.807) is 28.7 Å². The SMILES string of the molecule is Cn1c(=O)n(C2CCC(=O)NC2=O)c2cccc(N3CC(OC4CCN(CC5CCC(n6cc(NC(=O)c7cnn8ccc(N9C[C@H]%10C[C@@H]9CO%10)nc78)c(C(F)F)n6)CC5)CC4)C3)c21. The molecule has 1 saturated carbocycles. The summed E-state index contributed by atoms with van der Waals surface area (Å²) in [6, 6.07) is 7.10. The van der Waals surface area contributed by atoms with E-state index in [1.807, 2.05) is 24.3 Å². The molecule has 1 unspecified atom stereocenters. The largest absolute Gasteiger partial charge is 0.374 e. The van der Waals surface area contributed by atoms with Gasteiger partial charge in [-0.25, -0.2) is 23.1 Å². The number of anilines is 3. The van der Waals surface area contributed by atoms with Crippen LogP contribution in [0, 0.1) is 5.92 Å². The highest BCUT2D eigenvalue weighted by atomic mass is 19.3. The summed E-state index contributed by atoms with van der Waals surface area (Å²) in [4.78, 5) is 63.1. The third-order valence-corrected chi connectivity index (χ3v) is 14.4. The van der Waals surface area contributed by atoms with Gasteiger partial charge in [-0.3, -0.25) is 33.5 Å². The number of hydrogen-bond donors (Lipinski definition) is 2. The summed E-state index contributed by atoms with van der Waals surface area (Å²) in [5.74, 6) is -0.0980. The third kappa shape index (κ3) is 7.41. The highest BCUT2D eigenvalue weighted by Gasteiger charge is 2.40. The smallest absolute Gasteiger partial charge is 0.329 e. The molecule has 0 spiro atoms. The van der Waals surface area contributed by atoms with E-state index in [2.05, 4.69) is 35.5 Å². The molecule has 2 N–H and O–H groups in total. The van der Waals surface area contributed by atoms with Gasteiger partial charge in [0.25, 0.3) is 12.3 Å². The van der Waals surface area contributed by atoms with Gasteiger partial charge in [-0.2, -0.15) is 10.2 Å². The number of ether oxygens (including phenoxy) is 2. The molecule has 3 amide bonds. The minimum absolute atomic E-state index is 0.00244. The fourth-order valence-corrected chi connectivity index (χ4v) is 11.0. The standard InChI is InChI=1S/C44H52F2N12O6/c1-52-39-33(3-2-4-34(39)58(44(52)62)35-9-10-37(59)50-43(35)61)54-20-30(21-54)64-28-11-14-53(15-12-28)19-25-5-7-26(8-6-25)57-23-32(38(51-57)40(45)46)48-42(60)31-18-47-56-16-13-36(49-41(31)56)55-22-29-17-27(55)24-63-29/h2-4,13,16,18,23,25-30,35,40H,5-12,14-15,17,19-22,24H2,1H3,(H,48,60)(H,50,59,61)/t25?,26?,27-,29-,35?/m1/s1.